The molecule has 1 amide bonds. The van der Waals surface area contributed by atoms with E-state index in [0.29, 0.717) is 45.5 Å². The SMILES string of the molecule is COc1c(Cl)cc(Cl)cc1[C@@H]1C2=C(CC(C)(C)CC2=O)Nc2ccccc2N1C(C)=O. The maximum Gasteiger partial charge on any atom is 0.224 e. The van der Waals surface area contributed by atoms with Crippen LogP contribution >= 0.6 is 23.2 Å². The molecule has 7 heteroatoms. The number of hydrogen-bond acceptors (Lipinski definition) is 4. The standard InChI is InChI=1S/C24H24Cl2N2O3/c1-13(29)28-19-8-6-5-7-17(19)27-18-11-24(2,3)12-20(30)21(18)22(28)15-9-14(25)10-16(26)23(15)31-4/h5-10,22,27H,11-12H2,1-4H3/t22-/m1/s1. The van der Waals surface area contributed by atoms with Crippen molar-refractivity contribution in [1.29, 1.82) is 0 Å². The van der Waals surface area contributed by atoms with Gasteiger partial charge in [0.1, 0.15) is 5.75 Å². The molecule has 1 aliphatic heterocycles. The molecule has 1 N–H and O–H groups in total. The fourth-order valence-corrected chi connectivity index (χ4v) is 5.21. The van der Waals surface area contributed by atoms with Crippen molar-refractivity contribution in [3.05, 3.63) is 63.3 Å². The summed E-state index contributed by atoms with van der Waals surface area (Å²) in [5, 5.41) is 4.18. The third-order valence-electron chi connectivity index (χ3n) is 5.78. The molecule has 2 aromatic rings. The normalized spacial score (nSPS) is 19.9. The first-order valence-electron chi connectivity index (χ1n) is 10.1. The van der Waals surface area contributed by atoms with Crippen LogP contribution in [0.1, 0.15) is 45.2 Å². The first-order valence-corrected chi connectivity index (χ1v) is 10.8. The van der Waals surface area contributed by atoms with Gasteiger partial charge in [0.2, 0.25) is 5.91 Å². The quantitative estimate of drug-likeness (QED) is 0.584. The van der Waals surface area contributed by atoms with Gasteiger partial charge >= 0.3 is 0 Å². The molecule has 2 aromatic carbocycles. The summed E-state index contributed by atoms with van der Waals surface area (Å²) in [5.41, 5.74) is 3.17. The lowest BCUT2D eigenvalue weighted by Gasteiger charge is -2.37. The fraction of sp³-hybridized carbons (Fsp3) is 0.333. The number of ether oxygens (including phenoxy) is 1. The van der Waals surface area contributed by atoms with Gasteiger partial charge in [-0.25, -0.2) is 0 Å². The van der Waals surface area contributed by atoms with Crippen LogP contribution in [0.3, 0.4) is 0 Å². The lowest BCUT2D eigenvalue weighted by atomic mass is 9.73. The number of anilines is 2. The predicted octanol–water partition coefficient (Wildman–Crippen LogP) is 6.16. The highest BCUT2D eigenvalue weighted by Gasteiger charge is 2.43. The van der Waals surface area contributed by atoms with E-state index in [9.17, 15) is 9.59 Å². The monoisotopic (exact) mass is 458 g/mol. The number of methoxy groups -OCH3 is 1. The van der Waals surface area contributed by atoms with Gasteiger partial charge in [0, 0.05) is 35.2 Å². The maximum absolute atomic E-state index is 13.5. The van der Waals surface area contributed by atoms with Gasteiger partial charge in [-0.05, 0) is 36.1 Å². The molecule has 5 nitrogen and oxygen atoms in total. The van der Waals surface area contributed by atoms with Gasteiger partial charge in [-0.1, -0.05) is 49.2 Å². The van der Waals surface area contributed by atoms with Crippen LogP contribution in [0.15, 0.2) is 47.7 Å². The van der Waals surface area contributed by atoms with E-state index in [1.807, 2.05) is 24.3 Å². The van der Waals surface area contributed by atoms with Crippen LogP contribution in [-0.4, -0.2) is 18.8 Å². The van der Waals surface area contributed by atoms with Crippen molar-refractivity contribution in [3.8, 4) is 5.75 Å². The van der Waals surface area contributed by atoms with Gasteiger partial charge in [-0.3, -0.25) is 14.5 Å². The van der Waals surface area contributed by atoms with E-state index in [2.05, 4.69) is 19.2 Å². The molecule has 31 heavy (non-hydrogen) atoms. The number of nitrogens with one attached hydrogen (secondary N) is 1. The number of hydrogen-bond donors (Lipinski definition) is 1. The molecule has 0 fully saturated rings. The Morgan fingerprint density at radius 2 is 1.90 bits per heavy atom. The number of benzene rings is 2. The first kappa shape index (κ1) is 21.7. The summed E-state index contributed by atoms with van der Waals surface area (Å²) in [4.78, 5) is 28.2. The molecule has 0 saturated heterocycles. The lowest BCUT2D eigenvalue weighted by molar-refractivity contribution is -0.118. The Balaban J connectivity index is 2.08. The number of carbonyl (C=O) groups excluding carboxylic acids is 2. The van der Waals surface area contributed by atoms with Gasteiger partial charge in [0.25, 0.3) is 0 Å². The molecule has 0 saturated carbocycles. The number of halogens is 2. The number of Topliss-reactive ketones (excluding diaryl/α,β-unsaturated/α-hetero) is 1. The van der Waals surface area contributed by atoms with Crippen LogP contribution in [0.5, 0.6) is 5.75 Å². The number of amides is 1. The molecule has 1 heterocycles. The summed E-state index contributed by atoms with van der Waals surface area (Å²) >= 11 is 12.8. The first-order chi connectivity index (χ1) is 14.6. The fourth-order valence-electron chi connectivity index (χ4n) is 4.63. The average Bonchev–Trinajstić information content (AvgIpc) is 2.80. The third-order valence-corrected chi connectivity index (χ3v) is 6.27. The number of nitrogens with zero attached hydrogens (tertiary/aromatic N) is 1. The molecule has 1 atom stereocenters. The van der Waals surface area contributed by atoms with E-state index in [1.165, 1.54) is 14.0 Å². The smallest absolute Gasteiger partial charge is 0.224 e. The van der Waals surface area contributed by atoms with E-state index in [1.54, 1.807) is 17.0 Å². The summed E-state index contributed by atoms with van der Waals surface area (Å²) < 4.78 is 5.61. The van der Waals surface area contributed by atoms with Crippen LogP contribution in [-0.2, 0) is 9.59 Å². The third kappa shape index (κ3) is 3.81. The van der Waals surface area contributed by atoms with Gasteiger partial charge in [0.15, 0.2) is 5.78 Å². The Bertz CT molecular complexity index is 1120. The minimum Gasteiger partial charge on any atom is -0.495 e. The second-order valence-corrected chi connectivity index (χ2v) is 9.62. The van der Waals surface area contributed by atoms with Crippen LogP contribution < -0.4 is 15.0 Å². The molecule has 4 rings (SSSR count). The minimum atomic E-state index is -0.724. The topological polar surface area (TPSA) is 58.6 Å². The van der Waals surface area contributed by atoms with E-state index in [0.717, 1.165) is 11.4 Å². The summed E-state index contributed by atoms with van der Waals surface area (Å²) in [5.74, 6) is 0.177. The minimum absolute atomic E-state index is 0.0130. The van der Waals surface area contributed by atoms with Crippen molar-refractivity contribution < 1.29 is 14.3 Å². The number of fused-ring (bicyclic) bond motifs is 1. The summed E-state index contributed by atoms with van der Waals surface area (Å²) in [6, 6.07) is 10.1. The molecule has 162 valence electrons. The Hall–Kier alpha value is -2.50. The largest absolute Gasteiger partial charge is 0.495 e. The molecule has 1 aliphatic carbocycles. The summed E-state index contributed by atoms with van der Waals surface area (Å²) in [7, 11) is 1.51. The number of ketones is 1. The molecule has 0 radical (unpaired) electrons. The zero-order valence-electron chi connectivity index (χ0n) is 17.9. The zero-order chi connectivity index (χ0) is 22.5. The highest BCUT2D eigenvalue weighted by atomic mass is 35.5. The Labute approximate surface area is 192 Å². The average molecular weight is 459 g/mol. The maximum atomic E-state index is 13.5. The van der Waals surface area contributed by atoms with Gasteiger partial charge in [-0.15, -0.1) is 0 Å². The van der Waals surface area contributed by atoms with E-state index in [-0.39, 0.29) is 17.1 Å². The summed E-state index contributed by atoms with van der Waals surface area (Å²) in [6.45, 7) is 5.63. The van der Waals surface area contributed by atoms with Gasteiger partial charge in [0.05, 0.1) is 29.5 Å². The molecule has 0 unspecified atom stereocenters. The number of para-hydroxylation sites is 2. The number of carbonyl (C=O) groups is 2. The predicted molar refractivity (Wildman–Crippen MR) is 124 cm³/mol. The molecular weight excluding hydrogens is 435 g/mol. The number of rotatable bonds is 2. The van der Waals surface area contributed by atoms with Crippen molar-refractivity contribution in [2.45, 2.75) is 39.7 Å². The van der Waals surface area contributed by atoms with Crippen LogP contribution in [0.4, 0.5) is 11.4 Å². The number of allylic oxidation sites excluding steroid dienone is 1. The van der Waals surface area contributed by atoms with Crippen molar-refractivity contribution in [2.24, 2.45) is 5.41 Å². The van der Waals surface area contributed by atoms with Crippen molar-refractivity contribution in [3.63, 3.8) is 0 Å². The van der Waals surface area contributed by atoms with Crippen molar-refractivity contribution >= 4 is 46.3 Å². The Morgan fingerprint density at radius 1 is 1.19 bits per heavy atom. The molecule has 2 aliphatic rings. The molecule has 0 aromatic heterocycles. The van der Waals surface area contributed by atoms with Gasteiger partial charge < -0.3 is 10.1 Å². The van der Waals surface area contributed by atoms with E-state index in [4.69, 9.17) is 27.9 Å². The second kappa shape index (κ2) is 7.88. The molecule has 0 spiro atoms. The lowest BCUT2D eigenvalue weighted by Crippen LogP contribution is -2.38. The Morgan fingerprint density at radius 3 is 2.58 bits per heavy atom. The van der Waals surface area contributed by atoms with Crippen molar-refractivity contribution in [2.75, 3.05) is 17.3 Å². The molecular formula is C24H24Cl2N2O3. The summed E-state index contributed by atoms with van der Waals surface area (Å²) in [6.07, 6.45) is 1.05. The second-order valence-electron chi connectivity index (χ2n) is 8.78. The van der Waals surface area contributed by atoms with Crippen LogP contribution in [0.2, 0.25) is 10.0 Å². The zero-order valence-corrected chi connectivity index (χ0v) is 19.4. The van der Waals surface area contributed by atoms with E-state index < -0.39 is 6.04 Å². The highest BCUT2D eigenvalue weighted by molar-refractivity contribution is 6.35. The van der Waals surface area contributed by atoms with E-state index >= 15 is 0 Å². The Kier molecular flexibility index (Phi) is 5.52. The van der Waals surface area contributed by atoms with Crippen molar-refractivity contribution in [1.82, 2.24) is 0 Å². The molecule has 0 bridgehead atoms. The van der Waals surface area contributed by atoms with Crippen LogP contribution in [0.25, 0.3) is 0 Å². The van der Waals surface area contributed by atoms with Crippen LogP contribution in [0, 0.1) is 5.41 Å². The van der Waals surface area contributed by atoms with Gasteiger partial charge in [-0.2, -0.15) is 0 Å². The highest BCUT2D eigenvalue weighted by Crippen LogP contribution is 2.51.